The fourth-order valence-corrected chi connectivity index (χ4v) is 1.88. The third kappa shape index (κ3) is 2.69. The molecule has 1 aliphatic rings. The first-order valence-electron chi connectivity index (χ1n) is 5.32. The number of likely N-dealkylation sites (tertiary alicyclic amines) is 1. The highest BCUT2D eigenvalue weighted by atomic mass is 16.3. The number of rotatable bonds is 3. The lowest BCUT2D eigenvalue weighted by atomic mass is 9.94. The Balaban J connectivity index is 2.55. The summed E-state index contributed by atoms with van der Waals surface area (Å²) < 4.78 is 0. The summed E-state index contributed by atoms with van der Waals surface area (Å²) in [5.74, 6) is 0.305. The van der Waals surface area contributed by atoms with Crippen LogP contribution in [0.2, 0.25) is 0 Å². The number of aliphatic hydroxyl groups is 1. The predicted octanol–water partition coefficient (Wildman–Crippen LogP) is 0.767. The van der Waals surface area contributed by atoms with Crippen LogP contribution in [0.15, 0.2) is 0 Å². The van der Waals surface area contributed by atoms with Gasteiger partial charge in [0.05, 0.1) is 6.07 Å². The molecule has 1 unspecified atom stereocenters. The Morgan fingerprint density at radius 3 is 2.87 bits per heavy atom. The lowest BCUT2D eigenvalue weighted by Gasteiger charge is -2.23. The summed E-state index contributed by atoms with van der Waals surface area (Å²) in [5, 5.41) is 17.7. The molecule has 0 spiro atoms. The maximum atomic E-state index is 11.9. The molecule has 4 nitrogen and oxygen atoms in total. The minimum atomic E-state index is -0.923. The molecule has 1 atom stereocenters. The van der Waals surface area contributed by atoms with Crippen molar-refractivity contribution in [3.63, 3.8) is 0 Å². The summed E-state index contributed by atoms with van der Waals surface area (Å²) in [6.07, 6.45) is 1.69. The van der Waals surface area contributed by atoms with Crippen LogP contribution in [0.25, 0.3) is 0 Å². The molecule has 15 heavy (non-hydrogen) atoms. The van der Waals surface area contributed by atoms with Gasteiger partial charge in [0.2, 0.25) is 5.91 Å². The van der Waals surface area contributed by atoms with Gasteiger partial charge in [-0.15, -0.1) is 0 Å². The molecule has 1 saturated heterocycles. The van der Waals surface area contributed by atoms with Gasteiger partial charge in [0, 0.05) is 19.7 Å². The Morgan fingerprint density at radius 2 is 2.33 bits per heavy atom. The van der Waals surface area contributed by atoms with E-state index in [4.69, 9.17) is 10.4 Å². The van der Waals surface area contributed by atoms with Crippen LogP contribution in [-0.2, 0) is 4.79 Å². The molecule has 0 aromatic rings. The second kappa shape index (κ2) is 4.63. The van der Waals surface area contributed by atoms with Crippen LogP contribution in [0.3, 0.4) is 0 Å². The average Bonchev–Trinajstić information content (AvgIpc) is 2.66. The third-order valence-corrected chi connectivity index (χ3v) is 2.92. The van der Waals surface area contributed by atoms with Gasteiger partial charge >= 0.3 is 0 Å². The molecule has 0 aromatic heterocycles. The summed E-state index contributed by atoms with van der Waals surface area (Å²) >= 11 is 0. The zero-order valence-corrected chi connectivity index (χ0v) is 9.36. The molecule has 1 heterocycles. The molecule has 0 aliphatic carbocycles. The number of hydrogen-bond acceptors (Lipinski definition) is 3. The highest BCUT2D eigenvalue weighted by molar-refractivity contribution is 5.84. The van der Waals surface area contributed by atoms with Gasteiger partial charge in [-0.3, -0.25) is 4.79 Å². The highest BCUT2D eigenvalue weighted by Gasteiger charge is 2.35. The standard InChI is InChI=1S/C11H18N2O2/c1-11(2,8-12)10(15)13-5-3-9(7-13)4-6-14/h9,14H,3-7H2,1-2H3. The van der Waals surface area contributed by atoms with Gasteiger partial charge < -0.3 is 10.0 Å². The van der Waals surface area contributed by atoms with Crippen LogP contribution in [0, 0.1) is 22.7 Å². The van der Waals surface area contributed by atoms with Crippen molar-refractivity contribution in [3.05, 3.63) is 0 Å². The monoisotopic (exact) mass is 210 g/mol. The largest absolute Gasteiger partial charge is 0.396 e. The quantitative estimate of drug-likeness (QED) is 0.748. The molecule has 84 valence electrons. The van der Waals surface area contributed by atoms with E-state index in [1.54, 1.807) is 18.7 Å². The summed E-state index contributed by atoms with van der Waals surface area (Å²) in [5.41, 5.74) is -0.923. The van der Waals surface area contributed by atoms with E-state index in [0.29, 0.717) is 19.0 Å². The van der Waals surface area contributed by atoms with Gasteiger partial charge in [0.1, 0.15) is 5.41 Å². The normalized spacial score (nSPS) is 21.5. The lowest BCUT2D eigenvalue weighted by molar-refractivity contribution is -0.136. The molecule has 1 amide bonds. The Labute approximate surface area is 90.5 Å². The van der Waals surface area contributed by atoms with E-state index in [2.05, 4.69) is 0 Å². The van der Waals surface area contributed by atoms with Crippen LogP contribution < -0.4 is 0 Å². The van der Waals surface area contributed by atoms with E-state index < -0.39 is 5.41 Å². The van der Waals surface area contributed by atoms with E-state index in [9.17, 15) is 4.79 Å². The minimum Gasteiger partial charge on any atom is -0.396 e. The number of carbonyl (C=O) groups excluding carboxylic acids is 1. The Morgan fingerprint density at radius 1 is 1.67 bits per heavy atom. The minimum absolute atomic E-state index is 0.0922. The number of amides is 1. The van der Waals surface area contributed by atoms with Crippen molar-refractivity contribution in [1.82, 2.24) is 4.90 Å². The van der Waals surface area contributed by atoms with Gasteiger partial charge in [-0.05, 0) is 32.6 Å². The summed E-state index contributed by atoms with van der Waals surface area (Å²) in [7, 11) is 0. The number of nitrogens with zero attached hydrogens (tertiary/aromatic N) is 2. The first-order valence-corrected chi connectivity index (χ1v) is 5.32. The van der Waals surface area contributed by atoms with Crippen LogP contribution in [0.5, 0.6) is 0 Å². The van der Waals surface area contributed by atoms with E-state index in [1.165, 1.54) is 0 Å². The molecule has 0 bridgehead atoms. The summed E-state index contributed by atoms with van der Waals surface area (Å²) in [4.78, 5) is 13.6. The third-order valence-electron chi connectivity index (χ3n) is 2.92. The SMILES string of the molecule is CC(C)(C#N)C(=O)N1CCC(CCO)C1. The van der Waals surface area contributed by atoms with Crippen LogP contribution in [0.4, 0.5) is 0 Å². The van der Waals surface area contributed by atoms with Crippen molar-refractivity contribution in [1.29, 1.82) is 5.26 Å². The molecule has 0 aromatic carbocycles. The summed E-state index contributed by atoms with van der Waals surface area (Å²) in [6.45, 7) is 4.87. The Hall–Kier alpha value is -1.08. The lowest BCUT2D eigenvalue weighted by Crippen LogP contribution is -2.38. The highest BCUT2D eigenvalue weighted by Crippen LogP contribution is 2.25. The van der Waals surface area contributed by atoms with E-state index in [1.807, 2.05) is 6.07 Å². The Bertz CT molecular complexity index is 281. The summed E-state index contributed by atoms with van der Waals surface area (Å²) in [6, 6.07) is 2.02. The van der Waals surface area contributed by atoms with E-state index >= 15 is 0 Å². The van der Waals surface area contributed by atoms with Gasteiger partial charge in [-0.25, -0.2) is 0 Å². The van der Waals surface area contributed by atoms with Crippen molar-refractivity contribution < 1.29 is 9.90 Å². The molecular weight excluding hydrogens is 192 g/mol. The number of hydrogen-bond donors (Lipinski definition) is 1. The Kier molecular flexibility index (Phi) is 3.70. The second-order valence-corrected chi connectivity index (χ2v) is 4.65. The van der Waals surface area contributed by atoms with Gasteiger partial charge in [0.25, 0.3) is 0 Å². The number of carbonyl (C=O) groups is 1. The number of nitriles is 1. The van der Waals surface area contributed by atoms with Crippen molar-refractivity contribution in [3.8, 4) is 6.07 Å². The molecule has 1 N–H and O–H groups in total. The van der Waals surface area contributed by atoms with E-state index in [0.717, 1.165) is 12.8 Å². The van der Waals surface area contributed by atoms with Gasteiger partial charge in [-0.2, -0.15) is 5.26 Å². The molecule has 0 saturated carbocycles. The van der Waals surface area contributed by atoms with Crippen molar-refractivity contribution in [2.45, 2.75) is 26.7 Å². The molecule has 4 heteroatoms. The topological polar surface area (TPSA) is 64.3 Å². The smallest absolute Gasteiger partial charge is 0.242 e. The molecule has 1 aliphatic heterocycles. The van der Waals surface area contributed by atoms with Gasteiger partial charge in [-0.1, -0.05) is 0 Å². The zero-order valence-electron chi connectivity index (χ0n) is 9.36. The fourth-order valence-electron chi connectivity index (χ4n) is 1.88. The predicted molar refractivity (Wildman–Crippen MR) is 55.8 cm³/mol. The maximum Gasteiger partial charge on any atom is 0.242 e. The van der Waals surface area contributed by atoms with Crippen molar-refractivity contribution in [2.24, 2.45) is 11.3 Å². The molecule has 1 fully saturated rings. The number of aliphatic hydroxyl groups excluding tert-OH is 1. The average molecular weight is 210 g/mol. The second-order valence-electron chi connectivity index (χ2n) is 4.65. The zero-order chi connectivity index (χ0) is 11.5. The van der Waals surface area contributed by atoms with Crippen molar-refractivity contribution in [2.75, 3.05) is 19.7 Å². The van der Waals surface area contributed by atoms with Crippen LogP contribution >= 0.6 is 0 Å². The van der Waals surface area contributed by atoms with Crippen LogP contribution in [-0.4, -0.2) is 35.6 Å². The van der Waals surface area contributed by atoms with Gasteiger partial charge in [0.15, 0.2) is 0 Å². The van der Waals surface area contributed by atoms with E-state index in [-0.39, 0.29) is 12.5 Å². The first kappa shape index (κ1) is 12.0. The fraction of sp³-hybridized carbons (Fsp3) is 0.818. The molecular formula is C11H18N2O2. The molecule has 1 rings (SSSR count). The van der Waals surface area contributed by atoms with Crippen LogP contribution in [0.1, 0.15) is 26.7 Å². The van der Waals surface area contributed by atoms with Crippen molar-refractivity contribution >= 4 is 5.91 Å². The maximum absolute atomic E-state index is 11.9. The molecule has 0 radical (unpaired) electrons. The first-order chi connectivity index (χ1) is 7.01.